The van der Waals surface area contributed by atoms with E-state index < -0.39 is 0 Å². The zero-order valence-corrected chi connectivity index (χ0v) is 19.2. The van der Waals surface area contributed by atoms with Crippen molar-refractivity contribution in [2.75, 3.05) is 26.8 Å². The first-order valence-electron chi connectivity index (χ1n) is 11.1. The molecule has 0 unspecified atom stereocenters. The predicted molar refractivity (Wildman–Crippen MR) is 128 cm³/mol. The molecule has 0 aliphatic carbocycles. The Morgan fingerprint density at radius 2 is 1.75 bits per heavy atom. The number of aliphatic imine (C=N–C) groups is 1. The van der Waals surface area contributed by atoms with Crippen LogP contribution in [0.15, 0.2) is 65.9 Å². The van der Waals surface area contributed by atoms with Crippen LogP contribution in [0, 0.1) is 0 Å². The van der Waals surface area contributed by atoms with Crippen LogP contribution >= 0.6 is 0 Å². The molecule has 3 rings (SSSR count). The van der Waals surface area contributed by atoms with Crippen LogP contribution in [0.4, 0.5) is 0 Å². The molecule has 3 aromatic rings. The third-order valence-electron chi connectivity index (χ3n) is 4.95. The minimum absolute atomic E-state index is 0.594. The SMILES string of the molecule is CCOc1ccc(CCNC(=NC)NCc2nccn2Cc2ccccc2)cc1OCC. The molecule has 0 atom stereocenters. The van der Waals surface area contributed by atoms with Crippen LogP contribution in [-0.4, -0.2) is 42.3 Å². The molecular formula is C25H33N5O2. The standard InChI is InChI=1S/C25H33N5O2/c1-4-31-22-12-11-20(17-23(22)32-5-2)13-14-28-25(26-3)29-18-24-27-15-16-30(24)19-21-9-7-6-8-10-21/h6-12,15-17H,4-5,13-14,18-19H2,1-3H3,(H2,26,28,29). The largest absolute Gasteiger partial charge is 0.490 e. The average Bonchev–Trinajstić information content (AvgIpc) is 3.25. The number of rotatable bonds is 11. The molecule has 2 N–H and O–H groups in total. The van der Waals surface area contributed by atoms with Crippen molar-refractivity contribution in [1.82, 2.24) is 20.2 Å². The van der Waals surface area contributed by atoms with Crippen LogP contribution in [0.5, 0.6) is 11.5 Å². The number of benzene rings is 2. The molecule has 2 aromatic carbocycles. The third-order valence-corrected chi connectivity index (χ3v) is 4.95. The van der Waals surface area contributed by atoms with E-state index in [1.165, 1.54) is 11.1 Å². The van der Waals surface area contributed by atoms with Crippen molar-refractivity contribution < 1.29 is 9.47 Å². The highest BCUT2D eigenvalue weighted by Gasteiger charge is 2.08. The Morgan fingerprint density at radius 3 is 2.50 bits per heavy atom. The van der Waals surface area contributed by atoms with E-state index >= 15 is 0 Å². The molecule has 1 heterocycles. The molecular weight excluding hydrogens is 402 g/mol. The van der Waals surface area contributed by atoms with Gasteiger partial charge in [-0.05, 0) is 43.5 Å². The van der Waals surface area contributed by atoms with Crippen molar-refractivity contribution in [3.63, 3.8) is 0 Å². The summed E-state index contributed by atoms with van der Waals surface area (Å²) in [4.78, 5) is 8.82. The van der Waals surface area contributed by atoms with Gasteiger partial charge < -0.3 is 24.7 Å². The number of aromatic nitrogens is 2. The van der Waals surface area contributed by atoms with E-state index in [9.17, 15) is 0 Å². The van der Waals surface area contributed by atoms with Crippen molar-refractivity contribution in [2.45, 2.75) is 33.4 Å². The third kappa shape index (κ3) is 6.77. The summed E-state index contributed by atoms with van der Waals surface area (Å²) in [5.41, 5.74) is 2.43. The fourth-order valence-electron chi connectivity index (χ4n) is 3.39. The molecule has 0 radical (unpaired) electrons. The zero-order valence-electron chi connectivity index (χ0n) is 19.2. The van der Waals surface area contributed by atoms with Gasteiger partial charge in [0, 0.05) is 32.5 Å². The quantitative estimate of drug-likeness (QED) is 0.355. The zero-order chi connectivity index (χ0) is 22.6. The van der Waals surface area contributed by atoms with Gasteiger partial charge in [-0.1, -0.05) is 36.4 Å². The Hall–Kier alpha value is -3.48. The van der Waals surface area contributed by atoms with Crippen LogP contribution in [-0.2, 0) is 19.5 Å². The molecule has 1 aromatic heterocycles. The van der Waals surface area contributed by atoms with E-state index in [1.807, 2.05) is 44.4 Å². The minimum Gasteiger partial charge on any atom is -0.490 e. The first kappa shape index (κ1) is 23.2. The van der Waals surface area contributed by atoms with Gasteiger partial charge >= 0.3 is 0 Å². The normalized spacial score (nSPS) is 11.3. The summed E-state index contributed by atoms with van der Waals surface area (Å²) in [6, 6.07) is 16.5. The first-order valence-corrected chi connectivity index (χ1v) is 11.1. The molecule has 0 saturated heterocycles. The van der Waals surface area contributed by atoms with E-state index in [4.69, 9.17) is 9.47 Å². The molecule has 0 amide bonds. The van der Waals surface area contributed by atoms with Gasteiger partial charge in [0.2, 0.25) is 0 Å². The Labute approximate surface area is 190 Å². The van der Waals surface area contributed by atoms with Crippen LogP contribution in [0.1, 0.15) is 30.8 Å². The second-order valence-corrected chi connectivity index (χ2v) is 7.21. The van der Waals surface area contributed by atoms with Gasteiger partial charge in [0.25, 0.3) is 0 Å². The van der Waals surface area contributed by atoms with Gasteiger partial charge in [-0.25, -0.2) is 4.98 Å². The van der Waals surface area contributed by atoms with E-state index in [1.54, 1.807) is 7.05 Å². The van der Waals surface area contributed by atoms with Crippen molar-refractivity contribution in [2.24, 2.45) is 4.99 Å². The Kier molecular flexibility index (Phi) is 8.98. The summed E-state index contributed by atoms with van der Waals surface area (Å²) in [5, 5.41) is 6.72. The molecule has 0 aliphatic heterocycles. The first-order chi connectivity index (χ1) is 15.7. The molecule has 0 bridgehead atoms. The van der Waals surface area contributed by atoms with Crippen LogP contribution < -0.4 is 20.1 Å². The van der Waals surface area contributed by atoms with Gasteiger partial charge in [-0.15, -0.1) is 0 Å². The van der Waals surface area contributed by atoms with Gasteiger partial charge in [0.1, 0.15) is 5.82 Å². The molecule has 32 heavy (non-hydrogen) atoms. The lowest BCUT2D eigenvalue weighted by Gasteiger charge is -2.14. The lowest BCUT2D eigenvalue weighted by atomic mass is 10.1. The molecule has 0 spiro atoms. The topological polar surface area (TPSA) is 72.7 Å². The lowest BCUT2D eigenvalue weighted by Crippen LogP contribution is -2.38. The van der Waals surface area contributed by atoms with E-state index in [0.29, 0.717) is 19.8 Å². The van der Waals surface area contributed by atoms with Crippen LogP contribution in [0.25, 0.3) is 0 Å². The number of hydrogen-bond donors (Lipinski definition) is 2. The Balaban J connectivity index is 1.50. The number of ether oxygens (including phenoxy) is 2. The summed E-state index contributed by atoms with van der Waals surface area (Å²) in [6.07, 6.45) is 4.68. The second kappa shape index (κ2) is 12.4. The molecule has 170 valence electrons. The molecule has 7 heteroatoms. The maximum Gasteiger partial charge on any atom is 0.191 e. The van der Waals surface area contributed by atoms with Crippen LogP contribution in [0.2, 0.25) is 0 Å². The van der Waals surface area contributed by atoms with Gasteiger partial charge in [0.05, 0.1) is 19.8 Å². The fourth-order valence-corrected chi connectivity index (χ4v) is 3.39. The maximum atomic E-state index is 5.72. The summed E-state index contributed by atoms with van der Waals surface area (Å²) >= 11 is 0. The number of nitrogens with one attached hydrogen (secondary N) is 2. The molecule has 0 aliphatic rings. The summed E-state index contributed by atoms with van der Waals surface area (Å²) in [6.45, 7) is 7.31. The monoisotopic (exact) mass is 435 g/mol. The minimum atomic E-state index is 0.594. The predicted octanol–water partition coefficient (Wildman–Crippen LogP) is 3.64. The maximum absolute atomic E-state index is 5.72. The number of imidazole rings is 1. The number of guanidine groups is 1. The molecule has 0 saturated carbocycles. The Morgan fingerprint density at radius 1 is 0.969 bits per heavy atom. The van der Waals surface area contributed by atoms with Gasteiger partial charge in [0.15, 0.2) is 17.5 Å². The molecule has 7 nitrogen and oxygen atoms in total. The number of hydrogen-bond acceptors (Lipinski definition) is 4. The summed E-state index contributed by atoms with van der Waals surface area (Å²) in [5.74, 6) is 3.29. The van der Waals surface area contributed by atoms with Gasteiger partial charge in [-0.2, -0.15) is 0 Å². The highest BCUT2D eigenvalue weighted by molar-refractivity contribution is 5.79. The van der Waals surface area contributed by atoms with Crippen molar-refractivity contribution >= 4 is 5.96 Å². The summed E-state index contributed by atoms with van der Waals surface area (Å²) in [7, 11) is 1.77. The average molecular weight is 436 g/mol. The highest BCUT2D eigenvalue weighted by Crippen LogP contribution is 2.28. The van der Waals surface area contributed by atoms with Crippen molar-refractivity contribution in [3.05, 3.63) is 77.9 Å². The van der Waals surface area contributed by atoms with Crippen molar-refractivity contribution in [1.29, 1.82) is 0 Å². The number of nitrogens with zero attached hydrogens (tertiary/aromatic N) is 3. The summed E-state index contributed by atoms with van der Waals surface area (Å²) < 4.78 is 13.5. The lowest BCUT2D eigenvalue weighted by molar-refractivity contribution is 0.287. The van der Waals surface area contributed by atoms with Crippen LogP contribution in [0.3, 0.4) is 0 Å². The van der Waals surface area contributed by atoms with E-state index in [2.05, 4.69) is 55.5 Å². The molecule has 0 fully saturated rings. The fraction of sp³-hybridized carbons (Fsp3) is 0.360. The highest BCUT2D eigenvalue weighted by atomic mass is 16.5. The second-order valence-electron chi connectivity index (χ2n) is 7.21. The van der Waals surface area contributed by atoms with Gasteiger partial charge in [-0.3, -0.25) is 4.99 Å². The van der Waals surface area contributed by atoms with E-state index in [0.717, 1.165) is 42.8 Å². The Bertz CT molecular complexity index is 985. The van der Waals surface area contributed by atoms with E-state index in [-0.39, 0.29) is 0 Å². The smallest absolute Gasteiger partial charge is 0.191 e. The van der Waals surface area contributed by atoms with Crippen molar-refractivity contribution in [3.8, 4) is 11.5 Å².